The molecule has 109 valence electrons. The van der Waals surface area contributed by atoms with Crippen LogP contribution < -0.4 is 0 Å². The summed E-state index contributed by atoms with van der Waals surface area (Å²) in [6.07, 6.45) is 18.4. The Bertz CT molecular complexity index is 145. The van der Waals surface area contributed by atoms with Crippen LogP contribution in [0.15, 0.2) is 0 Å². The zero-order valence-corrected chi connectivity index (χ0v) is 13.7. The van der Waals surface area contributed by atoms with Crippen molar-refractivity contribution in [1.29, 1.82) is 0 Å². The summed E-state index contributed by atoms with van der Waals surface area (Å²) in [7, 11) is 0. The highest BCUT2D eigenvalue weighted by Crippen LogP contribution is 2.21. The molecule has 0 rings (SSSR count). The lowest BCUT2D eigenvalue weighted by atomic mass is 9.92. The summed E-state index contributed by atoms with van der Waals surface area (Å²) in [6.45, 7) is 4.66. The molecule has 0 aliphatic carbocycles. The SMILES string of the molecule is CCCCCCCCC(CC)CCCCCC[S]. The molecule has 0 nitrogen and oxygen atoms in total. The Kier molecular flexibility index (Phi) is 15.7. The minimum absolute atomic E-state index is 0.953. The maximum atomic E-state index is 4.98. The highest BCUT2D eigenvalue weighted by atomic mass is 32.1. The van der Waals surface area contributed by atoms with Gasteiger partial charge in [0.05, 0.1) is 0 Å². The molecule has 0 spiro atoms. The minimum Gasteiger partial charge on any atom is -0.0942 e. The minimum atomic E-state index is 0.953. The molecule has 1 radical (unpaired) electrons. The molecule has 0 saturated heterocycles. The van der Waals surface area contributed by atoms with Crippen molar-refractivity contribution >= 4 is 12.6 Å². The lowest BCUT2D eigenvalue weighted by Gasteiger charge is -2.14. The van der Waals surface area contributed by atoms with Crippen LogP contribution in [0, 0.1) is 5.92 Å². The summed E-state index contributed by atoms with van der Waals surface area (Å²) in [5.74, 6) is 1.95. The first-order valence-electron chi connectivity index (χ1n) is 8.43. The quantitative estimate of drug-likeness (QED) is 0.301. The molecule has 0 aliphatic heterocycles. The van der Waals surface area contributed by atoms with Gasteiger partial charge in [0.25, 0.3) is 0 Å². The molecular formula is C17H35S. The standard InChI is InChI=1S/C17H35S/c1-3-5-6-7-8-11-14-17(4-2)15-12-9-10-13-16-18/h17H,3-16H2,1-2H3. The molecule has 0 fully saturated rings. The maximum absolute atomic E-state index is 4.98. The van der Waals surface area contributed by atoms with E-state index in [1.807, 2.05) is 0 Å². The van der Waals surface area contributed by atoms with E-state index in [1.54, 1.807) is 0 Å². The van der Waals surface area contributed by atoms with Crippen LogP contribution in [0.2, 0.25) is 0 Å². The average molecular weight is 272 g/mol. The molecule has 1 heteroatoms. The van der Waals surface area contributed by atoms with E-state index in [4.69, 9.17) is 12.6 Å². The number of rotatable bonds is 14. The largest absolute Gasteiger partial charge is 0.0942 e. The lowest BCUT2D eigenvalue weighted by Crippen LogP contribution is -1.99. The normalized spacial score (nSPS) is 12.8. The molecule has 1 unspecified atom stereocenters. The van der Waals surface area contributed by atoms with Gasteiger partial charge in [0.1, 0.15) is 0 Å². The highest BCUT2D eigenvalue weighted by molar-refractivity contribution is 7.80. The smallest absolute Gasteiger partial charge is 0.00369 e. The third-order valence-electron chi connectivity index (χ3n) is 4.05. The van der Waals surface area contributed by atoms with E-state index in [0.29, 0.717) is 0 Å². The van der Waals surface area contributed by atoms with Crippen molar-refractivity contribution in [2.75, 3.05) is 5.75 Å². The first-order chi connectivity index (χ1) is 8.85. The summed E-state index contributed by atoms with van der Waals surface area (Å²) < 4.78 is 0. The Morgan fingerprint density at radius 1 is 0.667 bits per heavy atom. The molecule has 0 bridgehead atoms. The van der Waals surface area contributed by atoms with Crippen molar-refractivity contribution in [3.8, 4) is 0 Å². The van der Waals surface area contributed by atoms with E-state index >= 15 is 0 Å². The van der Waals surface area contributed by atoms with Crippen molar-refractivity contribution in [3.63, 3.8) is 0 Å². The molecule has 0 amide bonds. The van der Waals surface area contributed by atoms with Gasteiger partial charge < -0.3 is 0 Å². The van der Waals surface area contributed by atoms with Crippen LogP contribution in [0.25, 0.3) is 0 Å². The van der Waals surface area contributed by atoms with Crippen molar-refractivity contribution < 1.29 is 0 Å². The molecule has 0 aromatic heterocycles. The Morgan fingerprint density at radius 3 is 1.67 bits per heavy atom. The second-order valence-electron chi connectivity index (χ2n) is 5.74. The Balaban J connectivity index is 3.29. The fourth-order valence-corrected chi connectivity index (χ4v) is 2.86. The molecule has 0 heterocycles. The molecule has 0 aliphatic rings. The predicted octanol–water partition coefficient (Wildman–Crippen LogP) is 6.91. The van der Waals surface area contributed by atoms with Gasteiger partial charge in [-0.2, -0.15) is 0 Å². The van der Waals surface area contributed by atoms with Crippen LogP contribution in [0.5, 0.6) is 0 Å². The fraction of sp³-hybridized carbons (Fsp3) is 1.00. The van der Waals surface area contributed by atoms with Gasteiger partial charge in [-0.15, -0.1) is 0 Å². The summed E-state index contributed by atoms with van der Waals surface area (Å²) in [6, 6.07) is 0. The Morgan fingerprint density at radius 2 is 1.17 bits per heavy atom. The Hall–Kier alpha value is 0.350. The van der Waals surface area contributed by atoms with E-state index in [0.717, 1.165) is 11.7 Å². The van der Waals surface area contributed by atoms with Gasteiger partial charge in [-0.25, -0.2) is 0 Å². The van der Waals surface area contributed by atoms with Crippen molar-refractivity contribution in [2.45, 2.75) is 97.3 Å². The molecule has 1 atom stereocenters. The highest BCUT2D eigenvalue weighted by Gasteiger charge is 2.05. The molecule has 18 heavy (non-hydrogen) atoms. The number of hydrogen-bond donors (Lipinski definition) is 0. The van der Waals surface area contributed by atoms with Gasteiger partial charge in [0.2, 0.25) is 0 Å². The van der Waals surface area contributed by atoms with Crippen molar-refractivity contribution in [2.24, 2.45) is 5.92 Å². The van der Waals surface area contributed by atoms with Gasteiger partial charge in [-0.1, -0.05) is 104 Å². The lowest BCUT2D eigenvalue weighted by molar-refractivity contribution is 0.394. The van der Waals surface area contributed by atoms with Crippen LogP contribution >= 0.6 is 12.6 Å². The first kappa shape index (κ1) is 18.4. The number of unbranched alkanes of at least 4 members (excludes halogenated alkanes) is 8. The van der Waals surface area contributed by atoms with E-state index in [1.165, 1.54) is 83.5 Å². The van der Waals surface area contributed by atoms with Crippen LogP contribution in [-0.2, 0) is 0 Å². The summed E-state index contributed by atoms with van der Waals surface area (Å²) in [5.41, 5.74) is 0. The second kappa shape index (κ2) is 15.4. The Labute approximate surface area is 122 Å². The van der Waals surface area contributed by atoms with Gasteiger partial charge >= 0.3 is 0 Å². The van der Waals surface area contributed by atoms with Crippen molar-refractivity contribution in [3.05, 3.63) is 0 Å². The van der Waals surface area contributed by atoms with Crippen LogP contribution in [0.4, 0.5) is 0 Å². The van der Waals surface area contributed by atoms with Gasteiger partial charge in [0.15, 0.2) is 0 Å². The zero-order valence-electron chi connectivity index (χ0n) is 12.9. The fourth-order valence-electron chi connectivity index (χ4n) is 2.65. The summed E-state index contributed by atoms with van der Waals surface area (Å²) >= 11 is 4.98. The van der Waals surface area contributed by atoms with Gasteiger partial charge in [-0.05, 0) is 12.3 Å². The topological polar surface area (TPSA) is 0 Å². The third-order valence-corrected chi connectivity index (χ3v) is 4.34. The van der Waals surface area contributed by atoms with Crippen LogP contribution in [-0.4, -0.2) is 5.75 Å². The first-order valence-corrected chi connectivity index (χ1v) is 9.00. The van der Waals surface area contributed by atoms with Crippen LogP contribution in [0.3, 0.4) is 0 Å². The molecule has 0 aromatic carbocycles. The predicted molar refractivity (Wildman–Crippen MR) is 87.3 cm³/mol. The van der Waals surface area contributed by atoms with Crippen molar-refractivity contribution in [1.82, 2.24) is 0 Å². The van der Waals surface area contributed by atoms with E-state index < -0.39 is 0 Å². The summed E-state index contributed by atoms with van der Waals surface area (Å²) in [5, 5.41) is 0. The molecule has 0 aromatic rings. The van der Waals surface area contributed by atoms with E-state index in [2.05, 4.69) is 13.8 Å². The second-order valence-corrected chi connectivity index (χ2v) is 6.15. The average Bonchev–Trinajstić information content (AvgIpc) is 2.40. The third kappa shape index (κ3) is 12.8. The van der Waals surface area contributed by atoms with Crippen LogP contribution in [0.1, 0.15) is 97.3 Å². The monoisotopic (exact) mass is 271 g/mol. The van der Waals surface area contributed by atoms with Gasteiger partial charge in [-0.3, -0.25) is 0 Å². The molecular weight excluding hydrogens is 236 g/mol. The molecule has 0 N–H and O–H groups in total. The summed E-state index contributed by atoms with van der Waals surface area (Å²) in [4.78, 5) is 0. The van der Waals surface area contributed by atoms with E-state index in [9.17, 15) is 0 Å². The number of hydrogen-bond acceptors (Lipinski definition) is 0. The molecule has 0 saturated carbocycles. The zero-order chi connectivity index (χ0) is 13.5. The van der Waals surface area contributed by atoms with E-state index in [-0.39, 0.29) is 0 Å². The maximum Gasteiger partial charge on any atom is 0.00369 e. The van der Waals surface area contributed by atoms with Gasteiger partial charge in [0, 0.05) is 5.75 Å².